The molecule has 0 N–H and O–H groups in total. The Kier molecular flexibility index (Phi) is 2.52. The van der Waals surface area contributed by atoms with Gasteiger partial charge in [-0.15, -0.1) is 0 Å². The zero-order valence-corrected chi connectivity index (χ0v) is 12.4. The minimum atomic E-state index is 0.713. The molecule has 23 heavy (non-hydrogen) atoms. The van der Waals surface area contributed by atoms with Crippen molar-refractivity contribution >= 4 is 17.2 Å². The molecule has 4 heteroatoms. The fourth-order valence-electron chi connectivity index (χ4n) is 3.30. The minimum absolute atomic E-state index is 0.713. The quantitative estimate of drug-likeness (QED) is 0.686. The number of pyridine rings is 1. The maximum absolute atomic E-state index is 4.87. The number of fused-ring (bicyclic) bond motifs is 6. The lowest BCUT2D eigenvalue weighted by molar-refractivity contribution is 0.910. The van der Waals surface area contributed by atoms with Gasteiger partial charge in [-0.25, -0.2) is 5.01 Å². The number of aromatic nitrogens is 1. The number of benzene rings is 2. The monoisotopic (exact) mass is 298 g/mol. The van der Waals surface area contributed by atoms with Crippen LogP contribution in [0.15, 0.2) is 78.2 Å². The van der Waals surface area contributed by atoms with Crippen LogP contribution in [0, 0.1) is 0 Å². The van der Waals surface area contributed by atoms with Gasteiger partial charge in [-0.2, -0.15) is 5.10 Å². The third-order valence-electron chi connectivity index (χ3n) is 4.36. The molecule has 0 amide bonds. The fourth-order valence-corrected chi connectivity index (χ4v) is 3.30. The molecular weight excluding hydrogens is 284 g/mol. The molecule has 3 aromatic rings. The molecule has 0 unspecified atom stereocenters. The van der Waals surface area contributed by atoms with E-state index in [9.17, 15) is 0 Å². The average molecular weight is 298 g/mol. The Morgan fingerprint density at radius 3 is 2.26 bits per heavy atom. The summed E-state index contributed by atoms with van der Waals surface area (Å²) in [5.41, 5.74) is 5.95. The summed E-state index contributed by atoms with van der Waals surface area (Å²) in [6, 6.07) is 21.0. The summed E-state index contributed by atoms with van der Waals surface area (Å²) in [5, 5.41) is 6.89. The molecule has 2 aromatic carbocycles. The van der Waals surface area contributed by atoms with E-state index < -0.39 is 0 Å². The second-order valence-electron chi connectivity index (χ2n) is 5.66. The molecule has 0 saturated carbocycles. The standard InChI is InChI=1S/C19H14N4/c1-2-7-17-15(5-1)16-6-3-4-8-18(16)22-13-23(21-19(17)22)14-9-11-20-12-10-14/h1-12H,13H2. The molecule has 4 nitrogen and oxygen atoms in total. The van der Waals surface area contributed by atoms with Crippen LogP contribution in [-0.4, -0.2) is 17.5 Å². The minimum Gasteiger partial charge on any atom is -0.304 e. The van der Waals surface area contributed by atoms with E-state index in [-0.39, 0.29) is 0 Å². The Bertz CT molecular complexity index is 917. The van der Waals surface area contributed by atoms with Crippen molar-refractivity contribution in [3.8, 4) is 11.1 Å². The van der Waals surface area contributed by atoms with Gasteiger partial charge >= 0.3 is 0 Å². The van der Waals surface area contributed by atoms with Crippen LogP contribution >= 0.6 is 0 Å². The number of nitrogens with zero attached hydrogens (tertiary/aromatic N) is 4. The number of rotatable bonds is 1. The highest BCUT2D eigenvalue weighted by atomic mass is 15.6. The molecule has 2 aliphatic rings. The molecule has 0 fully saturated rings. The molecule has 3 heterocycles. The maximum atomic E-state index is 4.87. The summed E-state index contributed by atoms with van der Waals surface area (Å²) in [7, 11) is 0. The molecule has 5 rings (SSSR count). The molecule has 0 saturated heterocycles. The summed E-state index contributed by atoms with van der Waals surface area (Å²) < 4.78 is 0. The van der Waals surface area contributed by atoms with Crippen LogP contribution < -0.4 is 9.91 Å². The van der Waals surface area contributed by atoms with Crippen LogP contribution in [0.3, 0.4) is 0 Å². The zero-order chi connectivity index (χ0) is 15.2. The van der Waals surface area contributed by atoms with Crippen LogP contribution in [0.2, 0.25) is 0 Å². The van der Waals surface area contributed by atoms with Crippen molar-refractivity contribution in [2.24, 2.45) is 5.10 Å². The van der Waals surface area contributed by atoms with Crippen molar-refractivity contribution in [2.45, 2.75) is 0 Å². The van der Waals surface area contributed by atoms with Gasteiger partial charge in [0.1, 0.15) is 6.67 Å². The van der Waals surface area contributed by atoms with Gasteiger partial charge in [0.25, 0.3) is 0 Å². The largest absolute Gasteiger partial charge is 0.304 e. The van der Waals surface area contributed by atoms with Gasteiger partial charge < -0.3 is 4.90 Å². The van der Waals surface area contributed by atoms with E-state index in [1.807, 2.05) is 17.1 Å². The van der Waals surface area contributed by atoms with E-state index in [1.54, 1.807) is 12.4 Å². The van der Waals surface area contributed by atoms with Gasteiger partial charge in [-0.3, -0.25) is 4.98 Å². The summed E-state index contributed by atoms with van der Waals surface area (Å²) >= 11 is 0. The van der Waals surface area contributed by atoms with Gasteiger partial charge in [-0.05, 0) is 23.8 Å². The van der Waals surface area contributed by atoms with E-state index >= 15 is 0 Å². The molecular formula is C19H14N4. The van der Waals surface area contributed by atoms with Crippen molar-refractivity contribution in [2.75, 3.05) is 16.6 Å². The lowest BCUT2D eigenvalue weighted by Gasteiger charge is -2.29. The second kappa shape index (κ2) is 4.68. The lowest BCUT2D eigenvalue weighted by Crippen LogP contribution is -2.34. The zero-order valence-electron chi connectivity index (χ0n) is 12.4. The first-order valence-electron chi connectivity index (χ1n) is 7.64. The predicted octanol–water partition coefficient (Wildman–Crippen LogP) is 3.71. The maximum Gasteiger partial charge on any atom is 0.163 e. The molecule has 0 spiro atoms. The van der Waals surface area contributed by atoms with E-state index in [2.05, 4.69) is 58.4 Å². The number of anilines is 2. The van der Waals surface area contributed by atoms with E-state index in [1.165, 1.54) is 22.4 Å². The summed E-state index contributed by atoms with van der Waals surface area (Å²) in [6.07, 6.45) is 3.60. The molecule has 0 bridgehead atoms. The molecule has 0 atom stereocenters. The Morgan fingerprint density at radius 2 is 1.43 bits per heavy atom. The van der Waals surface area contributed by atoms with Gasteiger partial charge in [0.05, 0.1) is 11.4 Å². The number of amidine groups is 1. The van der Waals surface area contributed by atoms with Crippen molar-refractivity contribution in [3.05, 3.63) is 78.6 Å². The van der Waals surface area contributed by atoms with Gasteiger partial charge in [-0.1, -0.05) is 42.5 Å². The van der Waals surface area contributed by atoms with Crippen molar-refractivity contribution in [1.29, 1.82) is 0 Å². The molecule has 0 radical (unpaired) electrons. The van der Waals surface area contributed by atoms with Gasteiger partial charge in [0, 0.05) is 23.5 Å². The molecule has 2 aliphatic heterocycles. The lowest BCUT2D eigenvalue weighted by atomic mass is 9.93. The highest BCUT2D eigenvalue weighted by Crippen LogP contribution is 2.41. The Morgan fingerprint density at radius 1 is 0.739 bits per heavy atom. The van der Waals surface area contributed by atoms with Gasteiger partial charge in [0.2, 0.25) is 0 Å². The Labute approximate surface area is 134 Å². The van der Waals surface area contributed by atoms with E-state index in [0.717, 1.165) is 11.5 Å². The second-order valence-corrected chi connectivity index (χ2v) is 5.66. The van der Waals surface area contributed by atoms with Crippen molar-refractivity contribution in [3.63, 3.8) is 0 Å². The van der Waals surface area contributed by atoms with Gasteiger partial charge in [0.15, 0.2) is 5.84 Å². The van der Waals surface area contributed by atoms with Crippen LogP contribution in [0.4, 0.5) is 11.4 Å². The SMILES string of the molecule is c1ccc2c(c1)C1=NN(c3ccncc3)CN1c1ccccc1-2. The van der Waals surface area contributed by atoms with Crippen LogP contribution in [0.5, 0.6) is 0 Å². The number of hydrazone groups is 1. The molecule has 110 valence electrons. The number of hydrogen-bond donors (Lipinski definition) is 0. The topological polar surface area (TPSA) is 31.7 Å². The van der Waals surface area contributed by atoms with Crippen LogP contribution in [-0.2, 0) is 0 Å². The summed E-state index contributed by atoms with van der Waals surface area (Å²) in [6.45, 7) is 0.713. The third-order valence-corrected chi connectivity index (χ3v) is 4.36. The number of para-hydroxylation sites is 1. The molecule has 1 aromatic heterocycles. The highest BCUT2D eigenvalue weighted by Gasteiger charge is 2.33. The predicted molar refractivity (Wildman–Crippen MR) is 92.5 cm³/mol. The smallest absolute Gasteiger partial charge is 0.163 e. The Balaban J connectivity index is 1.71. The first kappa shape index (κ1) is 12.4. The van der Waals surface area contributed by atoms with Crippen molar-refractivity contribution < 1.29 is 0 Å². The van der Waals surface area contributed by atoms with E-state index in [4.69, 9.17) is 5.10 Å². The first-order chi connectivity index (χ1) is 11.4. The summed E-state index contributed by atoms with van der Waals surface area (Å²) in [4.78, 5) is 6.37. The summed E-state index contributed by atoms with van der Waals surface area (Å²) in [5.74, 6) is 1.01. The van der Waals surface area contributed by atoms with Crippen molar-refractivity contribution in [1.82, 2.24) is 4.98 Å². The third kappa shape index (κ3) is 1.78. The van der Waals surface area contributed by atoms with Crippen LogP contribution in [0.1, 0.15) is 5.56 Å². The van der Waals surface area contributed by atoms with Crippen LogP contribution in [0.25, 0.3) is 11.1 Å². The first-order valence-corrected chi connectivity index (χ1v) is 7.64. The highest BCUT2D eigenvalue weighted by molar-refractivity contribution is 6.20. The average Bonchev–Trinajstić information content (AvgIpc) is 3.09. The Hall–Kier alpha value is -3.14. The molecule has 0 aliphatic carbocycles. The number of hydrogen-bond acceptors (Lipinski definition) is 4. The fraction of sp³-hybridized carbons (Fsp3) is 0.0526. The normalized spacial score (nSPS) is 14.9. The van der Waals surface area contributed by atoms with E-state index in [0.29, 0.717) is 6.67 Å².